The average molecular weight is 477 g/mol. The van der Waals surface area contributed by atoms with Crippen molar-refractivity contribution in [2.24, 2.45) is 0 Å². The molecule has 2 aromatic carbocycles. The average Bonchev–Trinajstić information content (AvgIpc) is 3.19. The molecule has 1 heterocycles. The largest absolute Gasteiger partial charge is 0.429 e. The third-order valence-corrected chi connectivity index (χ3v) is 7.64. The highest BCUT2D eigenvalue weighted by atomic mass is 35.5. The SMILES string of the molecule is CNS(=O)(=O)c1ccc(-c2nc(C3=CCC(O)CC3)oc2Sc2ccc(Cl)cc2)cc1. The van der Waals surface area contributed by atoms with Gasteiger partial charge in [-0.25, -0.2) is 18.1 Å². The minimum absolute atomic E-state index is 0.179. The molecule has 0 saturated heterocycles. The second kappa shape index (κ2) is 9.18. The minimum Gasteiger partial charge on any atom is -0.429 e. The number of rotatable bonds is 6. The van der Waals surface area contributed by atoms with E-state index < -0.39 is 10.0 Å². The molecular weight excluding hydrogens is 456 g/mol. The molecule has 0 radical (unpaired) electrons. The zero-order chi connectivity index (χ0) is 22.0. The van der Waals surface area contributed by atoms with Gasteiger partial charge in [0.1, 0.15) is 5.69 Å². The molecule has 4 rings (SSSR count). The molecule has 9 heteroatoms. The summed E-state index contributed by atoms with van der Waals surface area (Å²) in [7, 11) is -2.14. The van der Waals surface area contributed by atoms with Crippen LogP contribution in [0.25, 0.3) is 16.8 Å². The van der Waals surface area contributed by atoms with Gasteiger partial charge in [0.2, 0.25) is 15.9 Å². The Labute approximate surface area is 190 Å². The number of allylic oxidation sites excluding steroid dienone is 1. The quantitative estimate of drug-likeness (QED) is 0.521. The fourth-order valence-corrected chi connectivity index (χ4v) is 4.95. The maximum Gasteiger partial charge on any atom is 0.240 e. The second-order valence-electron chi connectivity index (χ2n) is 7.10. The summed E-state index contributed by atoms with van der Waals surface area (Å²) in [6, 6.07) is 13.9. The van der Waals surface area contributed by atoms with E-state index in [0.29, 0.717) is 41.0 Å². The van der Waals surface area contributed by atoms with E-state index in [1.54, 1.807) is 24.3 Å². The molecule has 0 aliphatic heterocycles. The summed E-state index contributed by atoms with van der Waals surface area (Å²) in [5.74, 6) is 0.519. The number of aliphatic hydroxyl groups is 1. The molecule has 0 amide bonds. The molecule has 1 aliphatic rings. The third kappa shape index (κ3) is 5.05. The molecule has 2 N–H and O–H groups in total. The number of aliphatic hydroxyl groups excluding tert-OH is 1. The predicted octanol–water partition coefficient (Wildman–Crippen LogP) is 4.98. The molecule has 3 aromatic rings. The summed E-state index contributed by atoms with van der Waals surface area (Å²) in [6.45, 7) is 0. The summed E-state index contributed by atoms with van der Waals surface area (Å²) in [5, 5.41) is 11.0. The van der Waals surface area contributed by atoms with Crippen molar-refractivity contribution in [1.29, 1.82) is 0 Å². The number of oxazole rings is 1. The summed E-state index contributed by atoms with van der Waals surface area (Å²) < 4.78 is 32.5. The number of aromatic nitrogens is 1. The molecule has 1 unspecified atom stereocenters. The van der Waals surface area contributed by atoms with Crippen LogP contribution in [0.4, 0.5) is 0 Å². The number of nitrogens with zero attached hydrogens (tertiary/aromatic N) is 1. The maximum atomic E-state index is 12.0. The first-order valence-corrected chi connectivity index (χ1v) is 12.4. The number of nitrogens with one attached hydrogen (secondary N) is 1. The van der Waals surface area contributed by atoms with Crippen molar-refractivity contribution in [2.75, 3.05) is 7.05 Å². The van der Waals surface area contributed by atoms with E-state index in [1.807, 2.05) is 30.3 Å². The smallest absolute Gasteiger partial charge is 0.240 e. The Morgan fingerprint density at radius 3 is 2.48 bits per heavy atom. The zero-order valence-corrected chi connectivity index (χ0v) is 19.1. The van der Waals surface area contributed by atoms with Crippen LogP contribution in [0.2, 0.25) is 5.02 Å². The number of hydrogen-bond acceptors (Lipinski definition) is 6. The lowest BCUT2D eigenvalue weighted by atomic mass is 9.97. The third-order valence-electron chi connectivity index (χ3n) is 4.98. The van der Waals surface area contributed by atoms with Crippen LogP contribution in [-0.4, -0.2) is 31.7 Å². The van der Waals surface area contributed by atoms with Gasteiger partial charge in [0, 0.05) is 21.1 Å². The van der Waals surface area contributed by atoms with Crippen molar-refractivity contribution < 1.29 is 17.9 Å². The topological polar surface area (TPSA) is 92.4 Å². The first-order valence-electron chi connectivity index (χ1n) is 9.71. The van der Waals surface area contributed by atoms with Crippen LogP contribution in [0.15, 0.2) is 73.9 Å². The van der Waals surface area contributed by atoms with Crippen molar-refractivity contribution in [3.63, 3.8) is 0 Å². The van der Waals surface area contributed by atoms with Gasteiger partial charge in [0.05, 0.1) is 11.0 Å². The Morgan fingerprint density at radius 2 is 1.87 bits per heavy atom. The molecule has 31 heavy (non-hydrogen) atoms. The van der Waals surface area contributed by atoms with Gasteiger partial charge in [-0.3, -0.25) is 0 Å². The molecule has 0 bridgehead atoms. The van der Waals surface area contributed by atoms with Crippen molar-refractivity contribution in [3.8, 4) is 11.3 Å². The molecule has 6 nitrogen and oxygen atoms in total. The van der Waals surface area contributed by atoms with E-state index in [9.17, 15) is 13.5 Å². The van der Waals surface area contributed by atoms with Crippen LogP contribution in [0.3, 0.4) is 0 Å². The number of benzene rings is 2. The van der Waals surface area contributed by atoms with Crippen molar-refractivity contribution in [2.45, 2.75) is 40.2 Å². The molecular formula is C22H21ClN2O4S2. The normalized spacial score (nSPS) is 16.9. The van der Waals surface area contributed by atoms with E-state index in [-0.39, 0.29) is 11.0 Å². The highest BCUT2D eigenvalue weighted by molar-refractivity contribution is 7.99. The summed E-state index contributed by atoms with van der Waals surface area (Å²) >= 11 is 7.42. The van der Waals surface area contributed by atoms with Crippen molar-refractivity contribution in [3.05, 3.63) is 65.5 Å². The highest BCUT2D eigenvalue weighted by Crippen LogP contribution is 2.39. The fraction of sp³-hybridized carbons (Fsp3) is 0.227. The Hall–Kier alpha value is -2.10. The number of halogens is 1. The second-order valence-corrected chi connectivity index (χ2v) is 10.5. The van der Waals surface area contributed by atoms with Crippen molar-refractivity contribution in [1.82, 2.24) is 9.71 Å². The standard InChI is InChI=1S/C22H21ClN2O4S2/c1-24-31(27,28)19-12-4-14(5-13-19)20-22(30-18-10-6-16(23)7-11-18)29-21(25-20)15-2-8-17(26)9-3-15/h2,4-7,10-13,17,24,26H,3,8-9H2,1H3. The first-order chi connectivity index (χ1) is 14.9. The van der Waals surface area contributed by atoms with Gasteiger partial charge < -0.3 is 9.52 Å². The van der Waals surface area contributed by atoms with Gasteiger partial charge in [-0.05, 0) is 74.5 Å². The van der Waals surface area contributed by atoms with E-state index in [1.165, 1.54) is 18.8 Å². The molecule has 0 spiro atoms. The van der Waals surface area contributed by atoms with Gasteiger partial charge in [-0.1, -0.05) is 29.8 Å². The molecule has 0 saturated carbocycles. The van der Waals surface area contributed by atoms with Crippen LogP contribution in [0, 0.1) is 0 Å². The van der Waals surface area contributed by atoms with E-state index in [2.05, 4.69) is 4.72 Å². The Bertz CT molecular complexity index is 1200. The molecule has 162 valence electrons. The maximum absolute atomic E-state index is 12.0. The van der Waals surface area contributed by atoms with E-state index >= 15 is 0 Å². The van der Waals surface area contributed by atoms with Crippen LogP contribution >= 0.6 is 23.4 Å². The molecule has 1 aliphatic carbocycles. The van der Waals surface area contributed by atoms with Crippen LogP contribution < -0.4 is 4.72 Å². The summed E-state index contributed by atoms with van der Waals surface area (Å²) in [6.07, 6.45) is 3.56. The molecule has 1 aromatic heterocycles. The Morgan fingerprint density at radius 1 is 1.16 bits per heavy atom. The van der Waals surface area contributed by atoms with Crippen LogP contribution in [0.1, 0.15) is 25.2 Å². The zero-order valence-electron chi connectivity index (χ0n) is 16.7. The summed E-state index contributed by atoms with van der Waals surface area (Å²) in [5.41, 5.74) is 2.34. The lowest BCUT2D eigenvalue weighted by molar-refractivity contribution is 0.165. The van der Waals surface area contributed by atoms with Crippen LogP contribution in [0.5, 0.6) is 0 Å². The van der Waals surface area contributed by atoms with Gasteiger partial charge in [0.15, 0.2) is 5.09 Å². The lowest BCUT2D eigenvalue weighted by Crippen LogP contribution is -2.18. The minimum atomic E-state index is -3.52. The van der Waals surface area contributed by atoms with E-state index in [4.69, 9.17) is 21.0 Å². The van der Waals surface area contributed by atoms with Gasteiger partial charge in [0.25, 0.3) is 0 Å². The lowest BCUT2D eigenvalue weighted by Gasteiger charge is -2.14. The monoisotopic (exact) mass is 476 g/mol. The molecule has 0 fully saturated rings. The fourth-order valence-electron chi connectivity index (χ4n) is 3.23. The summed E-state index contributed by atoms with van der Waals surface area (Å²) in [4.78, 5) is 5.85. The van der Waals surface area contributed by atoms with Crippen molar-refractivity contribution >= 4 is 39.0 Å². The van der Waals surface area contributed by atoms with E-state index in [0.717, 1.165) is 16.0 Å². The van der Waals surface area contributed by atoms with Gasteiger partial charge in [-0.15, -0.1) is 0 Å². The number of sulfonamides is 1. The molecule has 1 atom stereocenters. The first kappa shape index (κ1) is 22.1. The van der Waals surface area contributed by atoms with Gasteiger partial charge in [-0.2, -0.15) is 0 Å². The van der Waals surface area contributed by atoms with Gasteiger partial charge >= 0.3 is 0 Å². The predicted molar refractivity (Wildman–Crippen MR) is 122 cm³/mol. The number of hydrogen-bond donors (Lipinski definition) is 2. The van der Waals surface area contributed by atoms with Crippen LogP contribution in [-0.2, 0) is 10.0 Å². The Kier molecular flexibility index (Phi) is 6.55. The highest BCUT2D eigenvalue weighted by Gasteiger charge is 2.22. The Balaban J connectivity index is 1.73.